The third kappa shape index (κ3) is 4.03. The molecule has 0 fully saturated rings. The van der Waals surface area contributed by atoms with Gasteiger partial charge in [0.05, 0.1) is 18.9 Å². The van der Waals surface area contributed by atoms with Crippen molar-refractivity contribution in [3.63, 3.8) is 0 Å². The van der Waals surface area contributed by atoms with E-state index in [9.17, 15) is 9.59 Å². The molecule has 0 atom stereocenters. The molecule has 0 unspecified atom stereocenters. The van der Waals surface area contributed by atoms with Crippen LogP contribution in [-0.4, -0.2) is 18.2 Å². The highest BCUT2D eigenvalue weighted by Gasteiger charge is 2.14. The number of rotatable bonds is 5. The Kier molecular flexibility index (Phi) is 5.37. The fourth-order valence-electron chi connectivity index (χ4n) is 3.85. The second-order valence-electron chi connectivity index (χ2n) is 8.20. The van der Waals surface area contributed by atoms with Crippen molar-refractivity contribution in [1.29, 1.82) is 0 Å². The summed E-state index contributed by atoms with van der Waals surface area (Å²) in [6, 6.07) is 17.6. The summed E-state index contributed by atoms with van der Waals surface area (Å²) in [6.07, 6.45) is 0.0975. The number of hydrogen-bond acceptors (Lipinski definition) is 6. The molecule has 3 aromatic carbocycles. The third-order valence-corrected chi connectivity index (χ3v) is 5.88. The fourth-order valence-corrected chi connectivity index (χ4v) is 3.85. The van der Waals surface area contributed by atoms with Crippen LogP contribution in [-0.2, 0) is 11.2 Å². The summed E-state index contributed by atoms with van der Waals surface area (Å²) in [5, 5.41) is 8.25. The lowest BCUT2D eigenvalue weighted by Crippen LogP contribution is -2.14. The molecule has 0 saturated carbocycles. The van der Waals surface area contributed by atoms with Crippen molar-refractivity contribution >= 4 is 33.5 Å². The number of nitrogens with zero attached hydrogens (tertiary/aromatic N) is 1. The Labute approximate surface area is 194 Å². The van der Waals surface area contributed by atoms with Crippen molar-refractivity contribution in [2.75, 3.05) is 12.4 Å². The minimum Gasteiger partial charge on any atom is -0.497 e. The Morgan fingerprint density at radius 2 is 1.71 bits per heavy atom. The van der Waals surface area contributed by atoms with E-state index < -0.39 is 0 Å². The van der Waals surface area contributed by atoms with Crippen molar-refractivity contribution in [2.45, 2.75) is 20.3 Å². The summed E-state index contributed by atoms with van der Waals surface area (Å²) >= 11 is 0. The Balaban J connectivity index is 1.33. The lowest BCUT2D eigenvalue weighted by atomic mass is 10.1. The largest absolute Gasteiger partial charge is 0.497 e. The van der Waals surface area contributed by atoms with E-state index in [0.29, 0.717) is 39.4 Å². The Hall–Kier alpha value is -4.39. The van der Waals surface area contributed by atoms with Crippen LogP contribution >= 0.6 is 0 Å². The molecule has 1 N–H and O–H groups in total. The van der Waals surface area contributed by atoms with Gasteiger partial charge in [-0.15, -0.1) is 0 Å². The molecular weight excluding hydrogens is 432 g/mol. The van der Waals surface area contributed by atoms with Crippen LogP contribution in [0.15, 0.2) is 74.4 Å². The molecule has 170 valence electrons. The van der Waals surface area contributed by atoms with Crippen LogP contribution in [0.5, 0.6) is 5.75 Å². The quantitative estimate of drug-likeness (QED) is 0.382. The number of fused-ring (bicyclic) bond motifs is 2. The molecule has 0 bridgehead atoms. The maximum Gasteiger partial charge on any atom is 0.230 e. The van der Waals surface area contributed by atoms with E-state index in [4.69, 9.17) is 13.7 Å². The molecule has 1 amide bonds. The summed E-state index contributed by atoms with van der Waals surface area (Å²) in [6.45, 7) is 4.02. The third-order valence-electron chi connectivity index (χ3n) is 5.88. The highest BCUT2D eigenvalue weighted by molar-refractivity contribution is 5.95. The van der Waals surface area contributed by atoms with Crippen LogP contribution in [0.2, 0.25) is 0 Å². The van der Waals surface area contributed by atoms with E-state index >= 15 is 0 Å². The van der Waals surface area contributed by atoms with E-state index in [-0.39, 0.29) is 17.8 Å². The minimum absolute atomic E-state index is 0.0975. The van der Waals surface area contributed by atoms with Crippen molar-refractivity contribution in [3.05, 3.63) is 87.7 Å². The lowest BCUT2D eigenvalue weighted by Gasteiger charge is -2.07. The number of ether oxygens (including phenoxy) is 1. The molecule has 5 aromatic rings. The van der Waals surface area contributed by atoms with Gasteiger partial charge < -0.3 is 19.0 Å². The molecule has 0 radical (unpaired) electrons. The number of aromatic nitrogens is 1. The average molecular weight is 454 g/mol. The molecular formula is C27H22N2O5. The van der Waals surface area contributed by atoms with Crippen molar-refractivity contribution < 1.29 is 18.5 Å². The zero-order chi connectivity index (χ0) is 23.8. The summed E-state index contributed by atoms with van der Waals surface area (Å²) in [5.74, 6) is 0.837. The number of methoxy groups -OCH3 is 1. The first-order valence-corrected chi connectivity index (χ1v) is 10.8. The fraction of sp³-hybridized carbons (Fsp3) is 0.148. The van der Waals surface area contributed by atoms with Crippen LogP contribution in [0.25, 0.3) is 33.3 Å². The molecule has 34 heavy (non-hydrogen) atoms. The van der Waals surface area contributed by atoms with Gasteiger partial charge in [0, 0.05) is 22.7 Å². The van der Waals surface area contributed by atoms with E-state index in [1.807, 2.05) is 26.0 Å². The molecule has 0 saturated heterocycles. The summed E-state index contributed by atoms with van der Waals surface area (Å²) in [4.78, 5) is 25.2. The molecule has 0 spiro atoms. The van der Waals surface area contributed by atoms with Gasteiger partial charge >= 0.3 is 0 Å². The monoisotopic (exact) mass is 454 g/mol. The molecule has 7 heteroatoms. The maximum atomic E-state index is 12.6. The van der Waals surface area contributed by atoms with Gasteiger partial charge in [-0.25, -0.2) is 0 Å². The zero-order valence-electron chi connectivity index (χ0n) is 19.0. The Morgan fingerprint density at radius 3 is 2.47 bits per heavy atom. The number of anilines is 1. The Morgan fingerprint density at radius 1 is 0.941 bits per heavy atom. The number of hydrogen-bond donors (Lipinski definition) is 1. The average Bonchev–Trinajstić information content (AvgIpc) is 3.20. The predicted octanol–water partition coefficient (Wildman–Crippen LogP) is 5.41. The highest BCUT2D eigenvalue weighted by atomic mass is 16.5. The van der Waals surface area contributed by atoms with Crippen LogP contribution in [0.1, 0.15) is 16.8 Å². The van der Waals surface area contributed by atoms with Crippen molar-refractivity contribution in [3.8, 4) is 17.1 Å². The summed E-state index contributed by atoms with van der Waals surface area (Å²) < 4.78 is 16.5. The van der Waals surface area contributed by atoms with Crippen molar-refractivity contribution in [1.82, 2.24) is 5.16 Å². The zero-order valence-corrected chi connectivity index (χ0v) is 19.0. The van der Waals surface area contributed by atoms with Gasteiger partial charge in [-0.2, -0.15) is 0 Å². The molecule has 0 aliphatic rings. The van der Waals surface area contributed by atoms with Gasteiger partial charge in [-0.3, -0.25) is 9.59 Å². The highest BCUT2D eigenvalue weighted by Crippen LogP contribution is 2.26. The summed E-state index contributed by atoms with van der Waals surface area (Å²) in [7, 11) is 1.55. The van der Waals surface area contributed by atoms with E-state index in [1.165, 1.54) is 6.07 Å². The van der Waals surface area contributed by atoms with E-state index in [1.54, 1.807) is 49.6 Å². The molecule has 2 heterocycles. The van der Waals surface area contributed by atoms with E-state index in [0.717, 1.165) is 22.1 Å². The number of amides is 1. The topological polar surface area (TPSA) is 94.6 Å². The second-order valence-corrected chi connectivity index (χ2v) is 8.20. The SMILES string of the molecule is COc1ccc2oc(-c3ccc(NC(=O)Cc4noc5cc(C)c(C)cc45)cc3)cc(=O)c2c1. The number of carbonyl (C=O) groups excluding carboxylic acids is 1. The predicted molar refractivity (Wildman–Crippen MR) is 130 cm³/mol. The molecule has 0 aliphatic carbocycles. The maximum absolute atomic E-state index is 12.6. The van der Waals surface area contributed by atoms with Gasteiger partial charge in [-0.1, -0.05) is 5.16 Å². The van der Waals surface area contributed by atoms with Crippen LogP contribution in [0.4, 0.5) is 5.69 Å². The lowest BCUT2D eigenvalue weighted by molar-refractivity contribution is -0.115. The van der Waals surface area contributed by atoms with Gasteiger partial charge in [0.25, 0.3) is 0 Å². The Bertz CT molecular complexity index is 1600. The first-order valence-electron chi connectivity index (χ1n) is 10.8. The smallest absolute Gasteiger partial charge is 0.230 e. The van der Waals surface area contributed by atoms with Gasteiger partial charge in [0.15, 0.2) is 11.0 Å². The number of benzene rings is 3. The first-order chi connectivity index (χ1) is 16.4. The second kappa shape index (κ2) is 8.51. The van der Waals surface area contributed by atoms with Gasteiger partial charge in [-0.05, 0) is 79.6 Å². The molecule has 5 rings (SSSR count). The first kappa shape index (κ1) is 21.5. The summed E-state index contributed by atoms with van der Waals surface area (Å²) in [5.41, 5.74) is 5.17. The number of nitrogens with one attached hydrogen (secondary N) is 1. The van der Waals surface area contributed by atoms with Gasteiger partial charge in [0.2, 0.25) is 5.91 Å². The van der Waals surface area contributed by atoms with Crippen molar-refractivity contribution in [2.24, 2.45) is 0 Å². The molecule has 7 nitrogen and oxygen atoms in total. The number of carbonyl (C=O) groups is 1. The normalized spacial score (nSPS) is 11.1. The van der Waals surface area contributed by atoms with Crippen LogP contribution < -0.4 is 15.5 Å². The van der Waals surface area contributed by atoms with Crippen LogP contribution in [0.3, 0.4) is 0 Å². The van der Waals surface area contributed by atoms with Crippen LogP contribution in [0, 0.1) is 13.8 Å². The molecule has 0 aliphatic heterocycles. The molecule has 2 aromatic heterocycles. The number of aryl methyl sites for hydroxylation is 2. The van der Waals surface area contributed by atoms with Gasteiger partial charge in [0.1, 0.15) is 22.8 Å². The van der Waals surface area contributed by atoms with E-state index in [2.05, 4.69) is 10.5 Å². The minimum atomic E-state index is -0.202. The standard InChI is InChI=1S/C27H22N2O5/c1-15-10-20-22(29-34-26(20)11-16(15)2)13-27(31)28-18-6-4-17(5-7-18)25-14-23(30)21-12-19(32-3)8-9-24(21)33-25/h4-12,14H,13H2,1-3H3,(H,28,31).